The number of hydrogen-bond donors (Lipinski definition) is 1. The number of aliphatic carboxylic acids is 1. The van der Waals surface area contributed by atoms with Crippen molar-refractivity contribution < 1.29 is 42.2 Å². The van der Waals surface area contributed by atoms with Gasteiger partial charge in [0.05, 0.1) is 30.5 Å². The monoisotopic (exact) mass is 632 g/mol. The number of ketones is 1. The number of nitrogens with zero attached hydrogens (tertiary/aromatic N) is 2. The second kappa shape index (κ2) is 13.0. The predicted octanol–water partition coefficient (Wildman–Crippen LogP) is 4.30. The molecule has 1 N–H and O–H groups in total. The average Bonchev–Trinajstić information content (AvgIpc) is 3.34. The smallest absolute Gasteiger partial charge is 0.419 e. The second-order valence-corrected chi connectivity index (χ2v) is 12.8. The van der Waals surface area contributed by atoms with Gasteiger partial charge in [-0.15, -0.1) is 0 Å². The first kappa shape index (κ1) is 31.6. The zero-order valence-electron chi connectivity index (χ0n) is 24.7. The molecule has 1 aromatic heterocycles. The molecular weight excluding hydrogens is 600 g/mol. The quantitative estimate of drug-likeness (QED) is 0.267. The molecule has 0 radical (unpaired) electrons. The van der Waals surface area contributed by atoms with Gasteiger partial charge in [0.1, 0.15) is 12.5 Å². The van der Waals surface area contributed by atoms with Crippen LogP contribution in [0.2, 0.25) is 0 Å². The number of hydrogen-bond acceptors (Lipinski definition) is 8. The van der Waals surface area contributed by atoms with Crippen molar-refractivity contribution in [3.63, 3.8) is 0 Å². The molecule has 5 rings (SSSR count). The number of ether oxygens (including phenoxy) is 2. The molecule has 0 spiro atoms. The van der Waals surface area contributed by atoms with Gasteiger partial charge in [0.25, 0.3) is 0 Å². The number of aryl methyl sites for hydroxylation is 1. The minimum Gasteiger partial charge on any atom is -0.481 e. The second-order valence-electron chi connectivity index (χ2n) is 10.8. The number of piperidine rings is 1. The summed E-state index contributed by atoms with van der Waals surface area (Å²) in [6, 6.07) is 21.7. The number of carboxylic acid groups (broad SMARTS) is 1. The Labute approximate surface area is 260 Å². The Kier molecular flexibility index (Phi) is 9.16. The zero-order valence-corrected chi connectivity index (χ0v) is 25.5. The number of carbonyl (C=O) groups is 4. The largest absolute Gasteiger partial charge is 0.481 e. The van der Waals surface area contributed by atoms with Crippen LogP contribution in [0.4, 0.5) is 4.79 Å². The summed E-state index contributed by atoms with van der Waals surface area (Å²) in [5.41, 5.74) is 2.00. The predicted molar refractivity (Wildman–Crippen MR) is 163 cm³/mol. The molecule has 3 aromatic carbocycles. The maximum Gasteiger partial charge on any atom is 0.419 e. The van der Waals surface area contributed by atoms with Gasteiger partial charge in [0, 0.05) is 23.5 Å². The van der Waals surface area contributed by atoms with E-state index >= 15 is 0 Å². The van der Waals surface area contributed by atoms with Crippen LogP contribution in [0.3, 0.4) is 0 Å². The lowest BCUT2D eigenvalue weighted by molar-refractivity contribution is -0.147. The van der Waals surface area contributed by atoms with Crippen molar-refractivity contribution in [2.24, 2.45) is 5.92 Å². The first-order valence-electron chi connectivity index (χ1n) is 14.2. The number of methoxy groups -OCH3 is 1. The van der Waals surface area contributed by atoms with E-state index in [1.54, 1.807) is 60.7 Å². The summed E-state index contributed by atoms with van der Waals surface area (Å²) < 4.78 is 39.7. The number of rotatable bonds is 9. The molecule has 11 nitrogen and oxygen atoms in total. The Hall–Kier alpha value is -4.81. The van der Waals surface area contributed by atoms with Gasteiger partial charge >= 0.3 is 18.0 Å². The molecule has 0 saturated carbocycles. The summed E-state index contributed by atoms with van der Waals surface area (Å²) >= 11 is 0. The van der Waals surface area contributed by atoms with Gasteiger partial charge in [-0.25, -0.2) is 17.8 Å². The fourth-order valence-corrected chi connectivity index (χ4v) is 7.22. The van der Waals surface area contributed by atoms with Gasteiger partial charge in [-0.1, -0.05) is 66.2 Å². The van der Waals surface area contributed by atoms with Gasteiger partial charge in [-0.05, 0) is 42.7 Å². The molecule has 1 aliphatic heterocycles. The summed E-state index contributed by atoms with van der Waals surface area (Å²) in [5.74, 6) is -5.18. The Morgan fingerprint density at radius 2 is 1.64 bits per heavy atom. The third-order valence-electron chi connectivity index (χ3n) is 7.98. The fourth-order valence-electron chi connectivity index (χ4n) is 5.80. The molecule has 12 heteroatoms. The number of fused-ring (bicyclic) bond motifs is 1. The maximum atomic E-state index is 13.8. The van der Waals surface area contributed by atoms with E-state index in [0.717, 1.165) is 21.5 Å². The van der Waals surface area contributed by atoms with Crippen molar-refractivity contribution in [2.45, 2.75) is 37.2 Å². The number of carboxylic acids is 1. The Morgan fingerprint density at radius 3 is 2.29 bits per heavy atom. The summed E-state index contributed by atoms with van der Waals surface area (Å²) in [7, 11) is -2.88. The third kappa shape index (κ3) is 6.38. The lowest BCUT2D eigenvalue weighted by atomic mass is 9.80. The molecule has 0 aliphatic carbocycles. The Morgan fingerprint density at radius 1 is 0.978 bits per heavy atom. The van der Waals surface area contributed by atoms with Crippen LogP contribution in [0.25, 0.3) is 10.9 Å². The lowest BCUT2D eigenvalue weighted by Crippen LogP contribution is -2.47. The molecular formula is C33H32N2O9S. The first-order chi connectivity index (χ1) is 21.5. The number of sulfonamides is 1. The van der Waals surface area contributed by atoms with E-state index in [9.17, 15) is 32.7 Å². The molecule has 1 aliphatic rings. The van der Waals surface area contributed by atoms with Gasteiger partial charge < -0.3 is 14.6 Å². The average molecular weight is 633 g/mol. The van der Waals surface area contributed by atoms with Crippen LogP contribution in [-0.2, 0) is 46.9 Å². The minimum absolute atomic E-state index is 0.0308. The highest BCUT2D eigenvalue weighted by Gasteiger charge is 2.45. The number of esters is 1. The van der Waals surface area contributed by atoms with Crippen molar-refractivity contribution >= 4 is 44.7 Å². The molecule has 234 valence electrons. The number of Topliss-reactive ketones (excluding diaryl/α,β-unsaturated/α-hetero) is 1. The van der Waals surface area contributed by atoms with Crippen molar-refractivity contribution in [3.8, 4) is 0 Å². The normalized spacial score (nSPS) is 16.3. The highest BCUT2D eigenvalue weighted by molar-refractivity contribution is 7.89. The van der Waals surface area contributed by atoms with Gasteiger partial charge in [0.15, 0.2) is 5.78 Å². The van der Waals surface area contributed by atoms with E-state index in [1.165, 1.54) is 12.1 Å². The standard InChI is InChI=1S/C33H32N2O9S/c1-21-12-14-23(15-13-21)45(41,42)34-17-16-25(28(36)19-34)30(32(39)43-2)31-26(18-29(37)38)24-10-6-7-11-27(24)35(31)33(40)44-20-22-8-4-3-5-9-22/h3-15,25,30H,16-20H2,1-2H3,(H,37,38)/t25-,30-/m0/s1. The van der Waals surface area contributed by atoms with Crippen LogP contribution in [-0.4, -0.2) is 66.4 Å². The van der Waals surface area contributed by atoms with Crippen LogP contribution in [0.15, 0.2) is 83.8 Å². The van der Waals surface area contributed by atoms with Crippen molar-refractivity contribution in [1.29, 1.82) is 0 Å². The van der Waals surface area contributed by atoms with E-state index in [-0.39, 0.29) is 35.7 Å². The molecule has 1 fully saturated rings. The fraction of sp³-hybridized carbons (Fsp3) is 0.273. The third-order valence-corrected chi connectivity index (χ3v) is 9.84. The van der Waals surface area contributed by atoms with E-state index in [0.29, 0.717) is 16.5 Å². The zero-order chi connectivity index (χ0) is 32.3. The molecule has 0 bridgehead atoms. The molecule has 45 heavy (non-hydrogen) atoms. The van der Waals surface area contributed by atoms with Crippen LogP contribution in [0.5, 0.6) is 0 Å². The summed E-state index contributed by atoms with van der Waals surface area (Å²) in [5, 5.41) is 10.3. The van der Waals surface area contributed by atoms with Crippen LogP contribution < -0.4 is 0 Å². The lowest BCUT2D eigenvalue weighted by Gasteiger charge is -2.34. The van der Waals surface area contributed by atoms with Gasteiger partial charge in [-0.2, -0.15) is 4.31 Å². The number of benzene rings is 3. The van der Waals surface area contributed by atoms with Gasteiger partial charge in [0.2, 0.25) is 10.0 Å². The topological polar surface area (TPSA) is 149 Å². The molecule has 2 heterocycles. The maximum absolute atomic E-state index is 13.8. The highest BCUT2D eigenvalue weighted by atomic mass is 32.2. The minimum atomic E-state index is -4.01. The van der Waals surface area contributed by atoms with Crippen molar-refractivity contribution in [2.75, 3.05) is 20.2 Å². The van der Waals surface area contributed by atoms with Crippen molar-refractivity contribution in [3.05, 3.63) is 101 Å². The summed E-state index contributed by atoms with van der Waals surface area (Å²) in [4.78, 5) is 53.2. The molecule has 1 saturated heterocycles. The SMILES string of the molecule is COC(=O)[C@H](c1c(CC(=O)O)c2ccccc2n1C(=O)OCc1ccccc1)[C@H]1CCN(S(=O)(=O)c2ccc(C)cc2)CC1=O. The van der Waals surface area contributed by atoms with E-state index in [2.05, 4.69) is 0 Å². The van der Waals surface area contributed by atoms with Crippen LogP contribution in [0.1, 0.15) is 34.7 Å². The van der Waals surface area contributed by atoms with Gasteiger partial charge in [-0.3, -0.25) is 14.4 Å². The molecule has 0 unspecified atom stereocenters. The molecule has 4 aromatic rings. The summed E-state index contributed by atoms with van der Waals surface area (Å²) in [6.45, 7) is 1.12. The molecule has 0 amide bonds. The Bertz CT molecular complexity index is 1870. The number of para-hydroxylation sites is 1. The van der Waals surface area contributed by atoms with Crippen molar-refractivity contribution in [1.82, 2.24) is 8.87 Å². The Balaban J connectivity index is 1.58. The van der Waals surface area contributed by atoms with E-state index in [4.69, 9.17) is 9.47 Å². The first-order valence-corrected chi connectivity index (χ1v) is 15.7. The highest BCUT2D eigenvalue weighted by Crippen LogP contribution is 2.40. The van der Waals surface area contributed by atoms with Crippen LogP contribution in [0, 0.1) is 12.8 Å². The van der Waals surface area contributed by atoms with Crippen LogP contribution >= 0.6 is 0 Å². The number of carbonyl (C=O) groups excluding carboxylic acids is 3. The molecule has 2 atom stereocenters. The summed E-state index contributed by atoms with van der Waals surface area (Å²) in [6.07, 6.45) is -1.50. The number of aromatic nitrogens is 1. The van der Waals surface area contributed by atoms with E-state index < -0.39 is 58.6 Å². The van der Waals surface area contributed by atoms with E-state index in [1.807, 2.05) is 13.0 Å².